The van der Waals surface area contributed by atoms with Crippen LogP contribution in [0.2, 0.25) is 0 Å². The third-order valence-electron chi connectivity index (χ3n) is 2.74. The number of para-hydroxylation sites is 2. The van der Waals surface area contributed by atoms with Gasteiger partial charge in [0, 0.05) is 0 Å². The molecule has 1 aromatic carbocycles. The summed E-state index contributed by atoms with van der Waals surface area (Å²) in [4.78, 5) is 9.15. The molecular weight excluding hydrogens is 248 g/mol. The predicted molar refractivity (Wildman–Crippen MR) is 67.4 cm³/mol. The molecule has 7 heteroatoms. The van der Waals surface area contributed by atoms with Gasteiger partial charge in [-0.15, -0.1) is 10.2 Å². The smallest absolute Gasteiger partial charge is 0.216 e. The molecule has 0 amide bonds. The van der Waals surface area contributed by atoms with Gasteiger partial charge in [0.25, 0.3) is 0 Å². The molecule has 3 aromatic rings. The number of rotatable bonds is 0. The molecule has 0 unspecified atom stereocenters. The Hall–Kier alpha value is -2.15. The zero-order valence-electron chi connectivity index (χ0n) is 9.45. The van der Waals surface area contributed by atoms with Crippen molar-refractivity contribution in [1.29, 1.82) is 0 Å². The van der Waals surface area contributed by atoms with Gasteiger partial charge in [0.1, 0.15) is 10.9 Å². The van der Waals surface area contributed by atoms with Gasteiger partial charge in [0.05, 0.1) is 11.0 Å². The highest BCUT2D eigenvalue weighted by Gasteiger charge is 2.22. The summed E-state index contributed by atoms with van der Waals surface area (Å²) in [7, 11) is 0. The minimum absolute atomic E-state index is 0.745. The number of benzene rings is 1. The largest absolute Gasteiger partial charge is 0.272 e. The highest BCUT2D eigenvalue weighted by molar-refractivity contribution is 7.99. The lowest BCUT2D eigenvalue weighted by Crippen LogP contribution is -2.18. The van der Waals surface area contributed by atoms with E-state index in [-0.39, 0.29) is 0 Å². The Balaban J connectivity index is 1.93. The van der Waals surface area contributed by atoms with Gasteiger partial charge >= 0.3 is 0 Å². The number of aryl methyl sites for hydroxylation is 1. The van der Waals surface area contributed by atoms with E-state index in [0.717, 1.165) is 32.9 Å². The van der Waals surface area contributed by atoms with Crippen LogP contribution < -0.4 is 5.43 Å². The second-order valence-corrected chi connectivity index (χ2v) is 4.90. The molecule has 0 radical (unpaired) electrons. The third kappa shape index (κ3) is 1.31. The van der Waals surface area contributed by atoms with Crippen molar-refractivity contribution in [2.24, 2.45) is 0 Å². The fraction of sp³-hybridized carbons (Fsp3) is 0.0909. The number of anilines is 1. The van der Waals surface area contributed by atoms with E-state index in [1.54, 1.807) is 0 Å². The number of fused-ring (bicyclic) bond motifs is 3. The molecule has 1 aliphatic rings. The first-order valence-corrected chi connectivity index (χ1v) is 6.26. The summed E-state index contributed by atoms with van der Waals surface area (Å²) in [6.07, 6.45) is 0. The summed E-state index contributed by atoms with van der Waals surface area (Å²) >= 11 is 1.47. The molecule has 0 saturated heterocycles. The maximum atomic E-state index is 4.58. The maximum absolute atomic E-state index is 4.58. The van der Waals surface area contributed by atoms with Gasteiger partial charge in [0.2, 0.25) is 5.16 Å². The van der Waals surface area contributed by atoms with E-state index in [1.165, 1.54) is 11.8 Å². The van der Waals surface area contributed by atoms with Crippen LogP contribution in [0.5, 0.6) is 0 Å². The highest BCUT2D eigenvalue weighted by Crippen LogP contribution is 2.35. The van der Waals surface area contributed by atoms with E-state index in [2.05, 4.69) is 25.6 Å². The second-order valence-electron chi connectivity index (χ2n) is 3.95. The lowest BCUT2D eigenvalue weighted by Gasteiger charge is -2.17. The Morgan fingerprint density at radius 3 is 2.72 bits per heavy atom. The summed E-state index contributed by atoms with van der Waals surface area (Å²) in [5.41, 5.74) is 4.94. The lowest BCUT2D eigenvalue weighted by atomic mass is 10.3. The van der Waals surface area contributed by atoms with E-state index in [4.69, 9.17) is 0 Å². The van der Waals surface area contributed by atoms with Gasteiger partial charge in [-0.05, 0) is 30.8 Å². The monoisotopic (exact) mass is 256 g/mol. The molecule has 2 aromatic heterocycles. The summed E-state index contributed by atoms with van der Waals surface area (Å²) < 4.78 is 1.82. The molecular formula is C11H8N6S. The van der Waals surface area contributed by atoms with Crippen molar-refractivity contribution < 1.29 is 0 Å². The van der Waals surface area contributed by atoms with Crippen molar-refractivity contribution in [1.82, 2.24) is 24.8 Å². The molecule has 0 fully saturated rings. The first-order chi connectivity index (χ1) is 8.81. The minimum atomic E-state index is 0.745. The van der Waals surface area contributed by atoms with Gasteiger partial charge in [-0.25, -0.2) is 14.6 Å². The van der Waals surface area contributed by atoms with Crippen LogP contribution in [-0.4, -0.2) is 24.8 Å². The van der Waals surface area contributed by atoms with Crippen LogP contribution in [0, 0.1) is 6.92 Å². The van der Waals surface area contributed by atoms with Crippen LogP contribution in [0.3, 0.4) is 0 Å². The summed E-state index contributed by atoms with van der Waals surface area (Å²) in [5.74, 6) is 1.55. The summed E-state index contributed by atoms with van der Waals surface area (Å²) in [6, 6.07) is 7.81. The van der Waals surface area contributed by atoms with Crippen molar-refractivity contribution in [3.63, 3.8) is 0 Å². The SMILES string of the molecule is Cc1nnc2n1Nc1nc3ccccc3nc1S2. The number of nitrogens with zero attached hydrogens (tertiary/aromatic N) is 5. The molecule has 18 heavy (non-hydrogen) atoms. The molecule has 0 spiro atoms. The van der Waals surface area contributed by atoms with E-state index in [9.17, 15) is 0 Å². The molecule has 0 saturated carbocycles. The minimum Gasteiger partial charge on any atom is -0.272 e. The zero-order chi connectivity index (χ0) is 12.1. The van der Waals surface area contributed by atoms with E-state index in [1.807, 2.05) is 35.9 Å². The fourth-order valence-electron chi connectivity index (χ4n) is 1.86. The van der Waals surface area contributed by atoms with Gasteiger partial charge in [-0.3, -0.25) is 5.43 Å². The summed E-state index contributed by atoms with van der Waals surface area (Å²) in [5, 5.41) is 9.72. The van der Waals surface area contributed by atoms with Gasteiger partial charge in [-0.2, -0.15) is 0 Å². The molecule has 0 atom stereocenters. The Labute approximate surface area is 106 Å². The van der Waals surface area contributed by atoms with Crippen molar-refractivity contribution in [2.75, 3.05) is 5.43 Å². The lowest BCUT2D eigenvalue weighted by molar-refractivity contribution is 0.769. The molecule has 0 aliphatic carbocycles. The molecule has 6 nitrogen and oxygen atoms in total. The highest BCUT2D eigenvalue weighted by atomic mass is 32.2. The van der Waals surface area contributed by atoms with E-state index >= 15 is 0 Å². The van der Waals surface area contributed by atoms with Crippen LogP contribution in [0.25, 0.3) is 11.0 Å². The van der Waals surface area contributed by atoms with Crippen LogP contribution in [0.15, 0.2) is 34.4 Å². The Morgan fingerprint density at radius 2 is 1.89 bits per heavy atom. The summed E-state index contributed by atoms with van der Waals surface area (Å²) in [6.45, 7) is 1.89. The molecule has 3 heterocycles. The number of nitrogens with one attached hydrogen (secondary N) is 1. The second kappa shape index (κ2) is 3.42. The average Bonchev–Trinajstić information content (AvgIpc) is 2.75. The van der Waals surface area contributed by atoms with Crippen molar-refractivity contribution in [2.45, 2.75) is 17.1 Å². The molecule has 88 valence electrons. The standard InChI is InChI=1S/C11H8N6S/c1-6-14-15-11-17(6)16-9-10(18-11)13-8-5-3-2-4-7(8)12-9/h2-5H,1H3,(H,12,16). The zero-order valence-corrected chi connectivity index (χ0v) is 10.3. The Bertz CT molecular complexity index is 765. The predicted octanol–water partition coefficient (Wildman–Crippen LogP) is 1.87. The number of hydrogen-bond donors (Lipinski definition) is 1. The molecule has 0 bridgehead atoms. The average molecular weight is 256 g/mol. The number of hydrogen-bond acceptors (Lipinski definition) is 6. The molecule has 4 rings (SSSR count). The van der Waals surface area contributed by atoms with Crippen molar-refractivity contribution >= 4 is 28.6 Å². The van der Waals surface area contributed by atoms with E-state index < -0.39 is 0 Å². The molecule has 1 N–H and O–H groups in total. The fourth-order valence-corrected chi connectivity index (χ4v) is 2.71. The maximum Gasteiger partial charge on any atom is 0.216 e. The number of aromatic nitrogens is 5. The van der Waals surface area contributed by atoms with Crippen molar-refractivity contribution in [3.05, 3.63) is 30.1 Å². The Kier molecular flexibility index (Phi) is 1.87. The normalized spacial score (nSPS) is 12.9. The van der Waals surface area contributed by atoms with Gasteiger partial charge in [0.15, 0.2) is 5.82 Å². The van der Waals surface area contributed by atoms with Crippen LogP contribution in [0.4, 0.5) is 5.82 Å². The van der Waals surface area contributed by atoms with Crippen LogP contribution in [0.1, 0.15) is 5.82 Å². The van der Waals surface area contributed by atoms with Gasteiger partial charge < -0.3 is 0 Å². The first-order valence-electron chi connectivity index (χ1n) is 5.45. The van der Waals surface area contributed by atoms with Gasteiger partial charge in [-0.1, -0.05) is 12.1 Å². The van der Waals surface area contributed by atoms with Crippen LogP contribution in [-0.2, 0) is 0 Å². The molecule has 1 aliphatic heterocycles. The van der Waals surface area contributed by atoms with E-state index in [0.29, 0.717) is 0 Å². The quantitative estimate of drug-likeness (QED) is 0.518. The topological polar surface area (TPSA) is 68.5 Å². The third-order valence-corrected chi connectivity index (χ3v) is 3.66. The Morgan fingerprint density at radius 1 is 1.11 bits per heavy atom. The first kappa shape index (κ1) is 9.84. The van der Waals surface area contributed by atoms with Crippen molar-refractivity contribution in [3.8, 4) is 0 Å². The van der Waals surface area contributed by atoms with Crippen LogP contribution >= 0.6 is 11.8 Å².